The lowest BCUT2D eigenvalue weighted by Crippen LogP contribution is -2.15. The molecule has 0 aliphatic heterocycles. The van der Waals surface area contributed by atoms with E-state index < -0.39 is 0 Å². The maximum Gasteiger partial charge on any atom is 0.234 e. The molecule has 3 aromatic rings. The van der Waals surface area contributed by atoms with Crippen molar-refractivity contribution in [2.24, 2.45) is 0 Å². The Hall–Kier alpha value is -2.05. The standard InChI is InChI=1S/C15H13ClN4OS/c1-9-10(16)3-2-4-11(9)18-14(21)8-22-15-19-12-5-6-17-7-13(12)20-15/h2-7H,8H2,1H3,(H,18,21)(H,19,20). The quantitative estimate of drug-likeness (QED) is 0.715. The number of imidazole rings is 1. The first-order valence-corrected chi connectivity index (χ1v) is 7.97. The van der Waals surface area contributed by atoms with Gasteiger partial charge in [0.25, 0.3) is 0 Å². The van der Waals surface area contributed by atoms with E-state index in [1.165, 1.54) is 11.8 Å². The molecule has 0 saturated carbocycles. The number of amides is 1. The number of nitrogens with zero attached hydrogens (tertiary/aromatic N) is 2. The SMILES string of the molecule is Cc1c(Cl)cccc1NC(=O)CSc1nc2ccncc2[nH]1. The van der Waals surface area contributed by atoms with Gasteiger partial charge in [0.2, 0.25) is 5.91 Å². The molecule has 2 N–H and O–H groups in total. The normalized spacial score (nSPS) is 10.8. The van der Waals surface area contributed by atoms with Gasteiger partial charge in [-0.3, -0.25) is 9.78 Å². The molecule has 0 saturated heterocycles. The van der Waals surface area contributed by atoms with E-state index in [9.17, 15) is 4.79 Å². The molecule has 1 amide bonds. The van der Waals surface area contributed by atoms with Gasteiger partial charge in [0.15, 0.2) is 5.16 Å². The molecule has 0 atom stereocenters. The van der Waals surface area contributed by atoms with Gasteiger partial charge >= 0.3 is 0 Å². The molecule has 2 heterocycles. The molecule has 0 radical (unpaired) electrons. The van der Waals surface area contributed by atoms with Crippen molar-refractivity contribution in [1.29, 1.82) is 0 Å². The van der Waals surface area contributed by atoms with E-state index in [1.807, 2.05) is 25.1 Å². The summed E-state index contributed by atoms with van der Waals surface area (Å²) in [5.74, 6) is 0.160. The largest absolute Gasteiger partial charge is 0.332 e. The molecular formula is C15H13ClN4OS. The Labute approximate surface area is 136 Å². The zero-order valence-corrected chi connectivity index (χ0v) is 13.3. The van der Waals surface area contributed by atoms with Gasteiger partial charge in [-0.1, -0.05) is 29.4 Å². The van der Waals surface area contributed by atoms with Crippen molar-refractivity contribution in [3.63, 3.8) is 0 Å². The summed E-state index contributed by atoms with van der Waals surface area (Å²) >= 11 is 7.38. The van der Waals surface area contributed by atoms with Gasteiger partial charge in [-0.15, -0.1) is 0 Å². The van der Waals surface area contributed by atoms with Gasteiger partial charge in [0.05, 0.1) is 23.0 Å². The second-order valence-electron chi connectivity index (χ2n) is 4.68. The third-order valence-electron chi connectivity index (χ3n) is 3.14. The fourth-order valence-corrected chi connectivity index (χ4v) is 2.82. The first-order chi connectivity index (χ1) is 10.6. The van der Waals surface area contributed by atoms with Crippen LogP contribution in [0.15, 0.2) is 41.8 Å². The number of carbonyl (C=O) groups excluding carboxylic acids is 1. The summed E-state index contributed by atoms with van der Waals surface area (Å²) < 4.78 is 0. The molecule has 5 nitrogen and oxygen atoms in total. The van der Waals surface area contributed by atoms with Crippen LogP contribution in [0.1, 0.15) is 5.56 Å². The number of thioether (sulfide) groups is 1. The first kappa shape index (κ1) is 14.9. The van der Waals surface area contributed by atoms with Gasteiger partial charge in [-0.25, -0.2) is 4.98 Å². The van der Waals surface area contributed by atoms with Crippen LogP contribution in [0.5, 0.6) is 0 Å². The molecule has 112 valence electrons. The topological polar surface area (TPSA) is 70.7 Å². The lowest BCUT2D eigenvalue weighted by Gasteiger charge is -2.08. The number of halogens is 1. The van der Waals surface area contributed by atoms with E-state index >= 15 is 0 Å². The highest BCUT2D eigenvalue weighted by Gasteiger charge is 2.09. The van der Waals surface area contributed by atoms with Crippen molar-refractivity contribution in [2.45, 2.75) is 12.1 Å². The molecule has 0 spiro atoms. The predicted octanol–water partition coefficient (Wildman–Crippen LogP) is 3.65. The maximum atomic E-state index is 12.0. The zero-order valence-electron chi connectivity index (χ0n) is 11.8. The van der Waals surface area contributed by atoms with E-state index in [0.717, 1.165) is 22.3 Å². The van der Waals surface area contributed by atoms with E-state index in [2.05, 4.69) is 20.3 Å². The Bertz CT molecular complexity index is 800. The number of rotatable bonds is 4. The zero-order chi connectivity index (χ0) is 15.5. The number of hydrogen-bond acceptors (Lipinski definition) is 4. The Morgan fingerprint density at radius 1 is 1.41 bits per heavy atom. The van der Waals surface area contributed by atoms with Crippen molar-refractivity contribution < 1.29 is 4.79 Å². The average Bonchev–Trinajstić information content (AvgIpc) is 2.93. The monoisotopic (exact) mass is 332 g/mol. The smallest absolute Gasteiger partial charge is 0.234 e. The number of aromatic nitrogens is 3. The molecule has 7 heteroatoms. The van der Waals surface area contributed by atoms with Crippen LogP contribution in [-0.4, -0.2) is 26.6 Å². The molecule has 0 aliphatic rings. The summed E-state index contributed by atoms with van der Waals surface area (Å²) in [4.78, 5) is 23.6. The average molecular weight is 333 g/mol. The molecule has 0 bridgehead atoms. The highest BCUT2D eigenvalue weighted by Crippen LogP contribution is 2.24. The Morgan fingerprint density at radius 2 is 2.27 bits per heavy atom. The number of benzene rings is 1. The van der Waals surface area contributed by atoms with Gasteiger partial charge in [0, 0.05) is 16.9 Å². The third-order valence-corrected chi connectivity index (χ3v) is 4.43. The minimum atomic E-state index is -0.103. The maximum absolute atomic E-state index is 12.0. The minimum Gasteiger partial charge on any atom is -0.332 e. The summed E-state index contributed by atoms with van der Waals surface area (Å²) in [5, 5.41) is 4.19. The highest BCUT2D eigenvalue weighted by atomic mass is 35.5. The molecule has 1 aromatic carbocycles. The van der Waals surface area contributed by atoms with Crippen LogP contribution < -0.4 is 5.32 Å². The number of aromatic amines is 1. The Balaban J connectivity index is 1.63. The summed E-state index contributed by atoms with van der Waals surface area (Å²) in [6, 6.07) is 7.26. The molecule has 3 rings (SSSR count). The number of anilines is 1. The second kappa shape index (κ2) is 6.37. The second-order valence-corrected chi connectivity index (χ2v) is 6.06. The minimum absolute atomic E-state index is 0.103. The van der Waals surface area contributed by atoms with Crippen LogP contribution in [-0.2, 0) is 4.79 Å². The van der Waals surface area contributed by atoms with E-state index in [4.69, 9.17) is 11.6 Å². The van der Waals surface area contributed by atoms with E-state index in [-0.39, 0.29) is 11.7 Å². The summed E-state index contributed by atoms with van der Waals surface area (Å²) in [5.41, 5.74) is 3.28. The number of nitrogens with one attached hydrogen (secondary N) is 2. The summed E-state index contributed by atoms with van der Waals surface area (Å²) in [6.07, 6.45) is 3.40. The summed E-state index contributed by atoms with van der Waals surface area (Å²) in [6.45, 7) is 1.87. The van der Waals surface area contributed by atoms with Gasteiger partial charge in [-0.05, 0) is 30.7 Å². The first-order valence-electron chi connectivity index (χ1n) is 6.61. The van der Waals surface area contributed by atoms with Crippen LogP contribution >= 0.6 is 23.4 Å². The van der Waals surface area contributed by atoms with Crippen molar-refractivity contribution in [3.05, 3.63) is 47.2 Å². The molecule has 22 heavy (non-hydrogen) atoms. The number of pyridine rings is 1. The Morgan fingerprint density at radius 3 is 3.09 bits per heavy atom. The van der Waals surface area contributed by atoms with Gasteiger partial charge in [-0.2, -0.15) is 0 Å². The van der Waals surface area contributed by atoms with Crippen molar-refractivity contribution >= 4 is 46.0 Å². The van der Waals surface area contributed by atoms with E-state index in [0.29, 0.717) is 10.2 Å². The summed E-state index contributed by atoms with van der Waals surface area (Å²) in [7, 11) is 0. The third kappa shape index (κ3) is 3.23. The van der Waals surface area contributed by atoms with Gasteiger partial charge < -0.3 is 10.3 Å². The van der Waals surface area contributed by atoms with Crippen LogP contribution in [0.25, 0.3) is 11.0 Å². The van der Waals surface area contributed by atoms with Gasteiger partial charge in [0.1, 0.15) is 0 Å². The molecule has 0 unspecified atom stereocenters. The number of H-pyrrole nitrogens is 1. The lowest BCUT2D eigenvalue weighted by atomic mass is 10.2. The predicted molar refractivity (Wildman–Crippen MR) is 89.4 cm³/mol. The number of hydrogen-bond donors (Lipinski definition) is 2. The van der Waals surface area contributed by atoms with Crippen LogP contribution in [0, 0.1) is 6.92 Å². The van der Waals surface area contributed by atoms with Crippen molar-refractivity contribution in [2.75, 3.05) is 11.1 Å². The molecular weight excluding hydrogens is 320 g/mol. The molecule has 2 aromatic heterocycles. The molecule has 0 fully saturated rings. The lowest BCUT2D eigenvalue weighted by molar-refractivity contribution is -0.113. The molecule has 0 aliphatic carbocycles. The Kier molecular flexibility index (Phi) is 4.31. The van der Waals surface area contributed by atoms with Crippen LogP contribution in [0.3, 0.4) is 0 Å². The fourth-order valence-electron chi connectivity index (χ4n) is 1.96. The number of carbonyl (C=O) groups is 1. The van der Waals surface area contributed by atoms with E-state index in [1.54, 1.807) is 18.5 Å². The van der Waals surface area contributed by atoms with Crippen molar-refractivity contribution in [3.8, 4) is 0 Å². The number of fused-ring (bicyclic) bond motifs is 1. The van der Waals surface area contributed by atoms with Crippen LogP contribution in [0.2, 0.25) is 5.02 Å². The highest BCUT2D eigenvalue weighted by molar-refractivity contribution is 7.99. The fraction of sp³-hybridized carbons (Fsp3) is 0.133. The van der Waals surface area contributed by atoms with Crippen LogP contribution in [0.4, 0.5) is 5.69 Å². The van der Waals surface area contributed by atoms with Crippen molar-refractivity contribution in [1.82, 2.24) is 15.0 Å².